The van der Waals surface area contributed by atoms with Gasteiger partial charge >= 0.3 is 0 Å². The molecule has 0 fully saturated rings. The highest BCUT2D eigenvalue weighted by atomic mass is 19.1. The summed E-state index contributed by atoms with van der Waals surface area (Å²) in [6.07, 6.45) is 1.71. The minimum atomic E-state index is -1.06. The van der Waals surface area contributed by atoms with E-state index in [4.69, 9.17) is 5.73 Å². The zero-order chi connectivity index (χ0) is 12.3. The predicted octanol–water partition coefficient (Wildman–Crippen LogP) is 0.854. The maximum Gasteiger partial charge on any atom is 0.242 e. The number of nitrogens with one attached hydrogen (secondary N) is 1. The molecule has 0 radical (unpaired) electrons. The van der Waals surface area contributed by atoms with Gasteiger partial charge in [-0.05, 0) is 20.3 Å². The average molecular weight is 226 g/mol. The monoisotopic (exact) mass is 226 g/mol. The molecule has 1 aromatic heterocycles. The number of hydrogen-bond donors (Lipinski definition) is 2. The van der Waals surface area contributed by atoms with Crippen LogP contribution in [0.25, 0.3) is 0 Å². The van der Waals surface area contributed by atoms with Crippen LogP contribution in [0.1, 0.15) is 26.5 Å². The number of aromatic nitrogens is 2. The standard InChI is InChI=1S/C10H15FN4O/c1-4-6-7(11)8(14-5-13-6)15-10(2,3)9(12)16/h5H,4H2,1-3H3,(H2,12,16)(H,13,14,15). The van der Waals surface area contributed by atoms with Crippen molar-refractivity contribution >= 4 is 11.7 Å². The Balaban J connectivity index is 3.02. The van der Waals surface area contributed by atoms with E-state index in [0.717, 1.165) is 0 Å². The molecule has 0 aliphatic heterocycles. The second-order valence-electron chi connectivity index (χ2n) is 3.95. The third-order valence-corrected chi connectivity index (χ3v) is 2.24. The third-order valence-electron chi connectivity index (χ3n) is 2.24. The van der Waals surface area contributed by atoms with E-state index in [2.05, 4.69) is 15.3 Å². The summed E-state index contributed by atoms with van der Waals surface area (Å²) in [5, 5.41) is 2.66. The van der Waals surface area contributed by atoms with E-state index < -0.39 is 17.3 Å². The highest BCUT2D eigenvalue weighted by Gasteiger charge is 2.26. The molecule has 3 N–H and O–H groups in total. The number of anilines is 1. The minimum Gasteiger partial charge on any atom is -0.368 e. The third kappa shape index (κ3) is 2.44. The van der Waals surface area contributed by atoms with Gasteiger partial charge in [0.15, 0.2) is 11.6 Å². The number of primary amides is 1. The summed E-state index contributed by atoms with van der Waals surface area (Å²) in [5.74, 6) is -1.13. The molecule has 0 aromatic carbocycles. The Kier molecular flexibility index (Phi) is 3.41. The summed E-state index contributed by atoms with van der Waals surface area (Å²) in [5.41, 5.74) is 4.42. The molecule has 1 amide bonds. The first kappa shape index (κ1) is 12.4. The molecule has 6 heteroatoms. The first-order valence-electron chi connectivity index (χ1n) is 4.96. The van der Waals surface area contributed by atoms with Crippen LogP contribution in [-0.2, 0) is 11.2 Å². The molecule has 88 valence electrons. The van der Waals surface area contributed by atoms with Crippen LogP contribution in [0.15, 0.2) is 6.33 Å². The van der Waals surface area contributed by atoms with Crippen LogP contribution in [-0.4, -0.2) is 21.4 Å². The Morgan fingerprint density at radius 3 is 2.69 bits per heavy atom. The van der Waals surface area contributed by atoms with Gasteiger partial charge in [0, 0.05) is 0 Å². The lowest BCUT2D eigenvalue weighted by molar-refractivity contribution is -0.121. The fourth-order valence-corrected chi connectivity index (χ4v) is 1.10. The quantitative estimate of drug-likeness (QED) is 0.797. The van der Waals surface area contributed by atoms with E-state index in [1.165, 1.54) is 6.33 Å². The van der Waals surface area contributed by atoms with Crippen LogP contribution in [0.3, 0.4) is 0 Å². The van der Waals surface area contributed by atoms with Crippen molar-refractivity contribution in [3.8, 4) is 0 Å². The van der Waals surface area contributed by atoms with Gasteiger partial charge in [0.1, 0.15) is 11.9 Å². The number of amides is 1. The van der Waals surface area contributed by atoms with Crippen molar-refractivity contribution in [2.45, 2.75) is 32.7 Å². The minimum absolute atomic E-state index is 0.00403. The number of aryl methyl sites for hydroxylation is 1. The lowest BCUT2D eigenvalue weighted by Crippen LogP contribution is -2.45. The topological polar surface area (TPSA) is 80.9 Å². The molecule has 1 aromatic rings. The Morgan fingerprint density at radius 1 is 1.56 bits per heavy atom. The van der Waals surface area contributed by atoms with Crippen LogP contribution >= 0.6 is 0 Å². The van der Waals surface area contributed by atoms with Crippen LogP contribution in [0.5, 0.6) is 0 Å². The molecule has 0 saturated heterocycles. The summed E-state index contributed by atoms with van der Waals surface area (Å²) in [6.45, 7) is 4.90. The van der Waals surface area contributed by atoms with Gasteiger partial charge in [-0.1, -0.05) is 6.92 Å². The van der Waals surface area contributed by atoms with E-state index in [-0.39, 0.29) is 5.82 Å². The smallest absolute Gasteiger partial charge is 0.242 e. The van der Waals surface area contributed by atoms with Crippen molar-refractivity contribution in [3.63, 3.8) is 0 Å². The number of rotatable bonds is 4. The molecular weight excluding hydrogens is 211 g/mol. The van der Waals surface area contributed by atoms with Gasteiger partial charge in [0.25, 0.3) is 0 Å². The summed E-state index contributed by atoms with van der Waals surface area (Å²) in [6, 6.07) is 0. The highest BCUT2D eigenvalue weighted by Crippen LogP contribution is 2.17. The lowest BCUT2D eigenvalue weighted by atomic mass is 10.1. The van der Waals surface area contributed by atoms with Crippen molar-refractivity contribution < 1.29 is 9.18 Å². The molecule has 16 heavy (non-hydrogen) atoms. The molecule has 0 aliphatic carbocycles. The first-order chi connectivity index (χ1) is 7.38. The largest absolute Gasteiger partial charge is 0.368 e. The number of hydrogen-bond acceptors (Lipinski definition) is 4. The molecule has 1 rings (SSSR count). The van der Waals surface area contributed by atoms with Gasteiger partial charge in [-0.3, -0.25) is 4.79 Å². The Labute approximate surface area is 93.3 Å². The van der Waals surface area contributed by atoms with E-state index >= 15 is 0 Å². The number of nitrogens with zero attached hydrogens (tertiary/aromatic N) is 2. The SMILES string of the molecule is CCc1ncnc(NC(C)(C)C(N)=O)c1F. The number of nitrogens with two attached hydrogens (primary N) is 1. The summed E-state index contributed by atoms with van der Waals surface area (Å²) in [7, 11) is 0. The number of carbonyl (C=O) groups excluding carboxylic acids is 1. The first-order valence-corrected chi connectivity index (χ1v) is 4.96. The zero-order valence-corrected chi connectivity index (χ0v) is 9.54. The molecule has 0 bridgehead atoms. The zero-order valence-electron chi connectivity index (χ0n) is 9.54. The summed E-state index contributed by atoms with van der Waals surface area (Å²) in [4.78, 5) is 18.6. The van der Waals surface area contributed by atoms with Gasteiger partial charge < -0.3 is 11.1 Å². The molecule has 5 nitrogen and oxygen atoms in total. The van der Waals surface area contributed by atoms with Gasteiger partial charge in [0.05, 0.1) is 5.69 Å². The molecule has 0 spiro atoms. The molecule has 0 aliphatic rings. The molecule has 0 atom stereocenters. The predicted molar refractivity (Wildman–Crippen MR) is 58.3 cm³/mol. The maximum atomic E-state index is 13.7. The molecular formula is C10H15FN4O. The van der Waals surface area contributed by atoms with Crippen LogP contribution in [0, 0.1) is 5.82 Å². The van der Waals surface area contributed by atoms with Crippen molar-refractivity contribution in [1.82, 2.24) is 9.97 Å². The number of halogens is 1. The van der Waals surface area contributed by atoms with Gasteiger partial charge in [0.2, 0.25) is 5.91 Å². The lowest BCUT2D eigenvalue weighted by Gasteiger charge is -2.23. The van der Waals surface area contributed by atoms with Crippen molar-refractivity contribution in [1.29, 1.82) is 0 Å². The maximum absolute atomic E-state index is 13.7. The van der Waals surface area contributed by atoms with Gasteiger partial charge in [-0.2, -0.15) is 0 Å². The Bertz CT molecular complexity index is 406. The highest BCUT2D eigenvalue weighted by molar-refractivity contribution is 5.86. The fourth-order valence-electron chi connectivity index (χ4n) is 1.10. The molecule has 0 unspecified atom stereocenters. The second-order valence-corrected chi connectivity index (χ2v) is 3.95. The van der Waals surface area contributed by atoms with Crippen LogP contribution in [0.4, 0.5) is 10.2 Å². The normalized spacial score (nSPS) is 11.2. The number of carbonyl (C=O) groups is 1. The van der Waals surface area contributed by atoms with Crippen LogP contribution in [0.2, 0.25) is 0 Å². The Morgan fingerprint density at radius 2 is 2.19 bits per heavy atom. The van der Waals surface area contributed by atoms with Crippen molar-refractivity contribution in [2.24, 2.45) is 5.73 Å². The van der Waals surface area contributed by atoms with E-state index in [1.807, 2.05) is 0 Å². The summed E-state index contributed by atoms with van der Waals surface area (Å²) >= 11 is 0. The van der Waals surface area contributed by atoms with Crippen molar-refractivity contribution in [3.05, 3.63) is 17.8 Å². The average Bonchev–Trinajstić information content (AvgIpc) is 2.20. The van der Waals surface area contributed by atoms with Gasteiger partial charge in [-0.15, -0.1) is 0 Å². The van der Waals surface area contributed by atoms with Gasteiger partial charge in [-0.25, -0.2) is 14.4 Å². The van der Waals surface area contributed by atoms with E-state index in [0.29, 0.717) is 12.1 Å². The molecule has 0 saturated carbocycles. The fraction of sp³-hybridized carbons (Fsp3) is 0.500. The molecule has 1 heterocycles. The van der Waals surface area contributed by atoms with E-state index in [1.54, 1.807) is 20.8 Å². The second kappa shape index (κ2) is 4.42. The Hall–Kier alpha value is -1.72. The van der Waals surface area contributed by atoms with Crippen molar-refractivity contribution in [2.75, 3.05) is 5.32 Å². The van der Waals surface area contributed by atoms with E-state index in [9.17, 15) is 9.18 Å². The summed E-state index contributed by atoms with van der Waals surface area (Å²) < 4.78 is 13.7. The van der Waals surface area contributed by atoms with Crippen LogP contribution < -0.4 is 11.1 Å².